The van der Waals surface area contributed by atoms with Gasteiger partial charge in [-0.05, 0) is 50.3 Å². The van der Waals surface area contributed by atoms with Crippen LogP contribution >= 0.6 is 28.1 Å². The summed E-state index contributed by atoms with van der Waals surface area (Å²) in [5, 5.41) is 3.76. The average molecular weight is 491 g/mol. The van der Waals surface area contributed by atoms with Crippen molar-refractivity contribution in [1.82, 2.24) is 5.32 Å². The van der Waals surface area contributed by atoms with Crippen molar-refractivity contribution in [3.05, 3.63) is 63.8 Å². The van der Waals surface area contributed by atoms with E-state index in [0.717, 1.165) is 15.7 Å². The molecule has 30 heavy (non-hydrogen) atoms. The zero-order chi connectivity index (χ0) is 21.8. The molecule has 1 aliphatic rings. The first-order chi connectivity index (χ1) is 14.4. The topological polar surface area (TPSA) is 60.0 Å². The predicted molar refractivity (Wildman–Crippen MR) is 124 cm³/mol. The number of nitrogens with one attached hydrogen (secondary N) is 1. The minimum absolute atomic E-state index is 0.263. The van der Waals surface area contributed by atoms with Crippen LogP contribution in [0.1, 0.15) is 25.5 Å². The van der Waals surface area contributed by atoms with E-state index < -0.39 is 12.0 Å². The van der Waals surface area contributed by atoms with Gasteiger partial charge in [-0.3, -0.25) is 4.90 Å². The predicted octanol–water partition coefficient (Wildman–Crippen LogP) is 4.74. The summed E-state index contributed by atoms with van der Waals surface area (Å²) < 4.78 is 17.3. The fraction of sp³-hybridized carbons (Fsp3) is 0.273. The average Bonchev–Trinajstić information content (AvgIpc) is 2.72. The Morgan fingerprint density at radius 3 is 2.57 bits per heavy atom. The standard InChI is InChI=1S/C22H23BrN2O4S/c1-5-29-21(26)18-13(2)25(15-9-6-8-14(23)12-15)22(30)24-19(18)16-10-7-11-17(27-3)20(16)28-4/h6-12,19H,5H2,1-4H3,(H,24,30). The fourth-order valence-electron chi connectivity index (χ4n) is 3.51. The molecule has 8 heteroatoms. The Kier molecular flexibility index (Phi) is 6.99. The third-order valence-electron chi connectivity index (χ3n) is 4.79. The molecule has 0 amide bonds. The molecular formula is C22H23BrN2O4S. The molecule has 1 N–H and O–H groups in total. The Morgan fingerprint density at radius 1 is 1.20 bits per heavy atom. The first kappa shape index (κ1) is 22.1. The Balaban J connectivity index is 2.20. The summed E-state index contributed by atoms with van der Waals surface area (Å²) in [7, 11) is 3.14. The van der Waals surface area contributed by atoms with Crippen molar-refractivity contribution in [3.63, 3.8) is 0 Å². The number of hydrogen-bond donors (Lipinski definition) is 1. The molecule has 2 aromatic rings. The maximum atomic E-state index is 13.0. The van der Waals surface area contributed by atoms with Crippen LogP contribution in [0.15, 0.2) is 58.2 Å². The second-order valence-corrected chi connectivity index (χ2v) is 7.80. The van der Waals surface area contributed by atoms with Crippen molar-refractivity contribution in [1.29, 1.82) is 0 Å². The van der Waals surface area contributed by atoms with Crippen molar-refractivity contribution in [2.24, 2.45) is 0 Å². The number of rotatable bonds is 6. The zero-order valence-corrected chi connectivity index (χ0v) is 19.6. The molecule has 0 saturated carbocycles. The molecule has 0 spiro atoms. The first-order valence-corrected chi connectivity index (χ1v) is 10.6. The molecule has 0 aliphatic carbocycles. The van der Waals surface area contributed by atoms with Gasteiger partial charge >= 0.3 is 5.97 Å². The van der Waals surface area contributed by atoms with E-state index >= 15 is 0 Å². The molecule has 1 atom stereocenters. The van der Waals surface area contributed by atoms with Gasteiger partial charge in [-0.1, -0.05) is 34.1 Å². The van der Waals surface area contributed by atoms with Crippen molar-refractivity contribution < 1.29 is 19.0 Å². The largest absolute Gasteiger partial charge is 0.493 e. The molecule has 0 aromatic heterocycles. The van der Waals surface area contributed by atoms with Crippen LogP contribution in [0.25, 0.3) is 0 Å². The molecule has 3 rings (SSSR count). The molecule has 1 aliphatic heterocycles. The molecule has 0 bridgehead atoms. The summed E-state index contributed by atoms with van der Waals surface area (Å²) in [6, 6.07) is 12.7. The third-order valence-corrected chi connectivity index (χ3v) is 5.58. The highest BCUT2D eigenvalue weighted by Gasteiger charge is 2.37. The number of carbonyl (C=O) groups excluding carboxylic acids is 1. The van der Waals surface area contributed by atoms with Gasteiger partial charge in [-0.2, -0.15) is 0 Å². The Labute approximate surface area is 189 Å². The summed E-state index contributed by atoms with van der Waals surface area (Å²) in [5.41, 5.74) is 2.70. The number of anilines is 1. The minimum atomic E-state index is -0.551. The number of halogens is 1. The lowest BCUT2D eigenvalue weighted by atomic mass is 9.93. The Hall–Kier alpha value is -2.58. The van der Waals surface area contributed by atoms with Gasteiger partial charge in [0, 0.05) is 21.4 Å². The van der Waals surface area contributed by atoms with Crippen molar-refractivity contribution >= 4 is 44.9 Å². The van der Waals surface area contributed by atoms with E-state index in [1.807, 2.05) is 48.2 Å². The van der Waals surface area contributed by atoms with E-state index in [4.69, 9.17) is 26.4 Å². The Bertz CT molecular complexity index is 1010. The highest BCUT2D eigenvalue weighted by molar-refractivity contribution is 9.10. The van der Waals surface area contributed by atoms with Gasteiger partial charge in [-0.25, -0.2) is 4.79 Å². The van der Waals surface area contributed by atoms with Crippen LogP contribution < -0.4 is 19.7 Å². The quantitative estimate of drug-likeness (QED) is 0.463. The lowest BCUT2D eigenvalue weighted by molar-refractivity contribution is -0.139. The highest BCUT2D eigenvalue weighted by atomic mass is 79.9. The monoisotopic (exact) mass is 490 g/mol. The van der Waals surface area contributed by atoms with Gasteiger partial charge in [0.25, 0.3) is 0 Å². The molecule has 0 saturated heterocycles. The van der Waals surface area contributed by atoms with Gasteiger partial charge in [-0.15, -0.1) is 0 Å². The van der Waals surface area contributed by atoms with Crippen LogP contribution in [-0.2, 0) is 9.53 Å². The number of allylic oxidation sites excluding steroid dienone is 1. The van der Waals surface area contributed by atoms with E-state index in [-0.39, 0.29) is 6.61 Å². The van der Waals surface area contributed by atoms with Crippen LogP contribution in [0, 0.1) is 0 Å². The SMILES string of the molecule is CCOC(=O)C1=C(C)N(c2cccc(Br)c2)C(=S)NC1c1cccc(OC)c1OC. The van der Waals surface area contributed by atoms with Crippen molar-refractivity contribution in [3.8, 4) is 11.5 Å². The van der Waals surface area contributed by atoms with Gasteiger partial charge in [0.1, 0.15) is 0 Å². The van der Waals surface area contributed by atoms with Gasteiger partial charge in [0.2, 0.25) is 0 Å². The van der Waals surface area contributed by atoms with Crippen LogP contribution in [0.4, 0.5) is 5.69 Å². The van der Waals surface area contributed by atoms with Crippen LogP contribution in [0.2, 0.25) is 0 Å². The van der Waals surface area contributed by atoms with Crippen LogP contribution in [0.3, 0.4) is 0 Å². The van der Waals surface area contributed by atoms with Crippen LogP contribution in [0.5, 0.6) is 11.5 Å². The number of benzene rings is 2. The summed E-state index contributed by atoms with van der Waals surface area (Å²) in [4.78, 5) is 14.9. The number of para-hydroxylation sites is 1. The van der Waals surface area contributed by atoms with Gasteiger partial charge in [0.05, 0.1) is 32.4 Å². The molecular weight excluding hydrogens is 468 g/mol. The fourth-order valence-corrected chi connectivity index (χ4v) is 4.26. The van der Waals surface area contributed by atoms with Crippen molar-refractivity contribution in [2.75, 3.05) is 25.7 Å². The molecule has 6 nitrogen and oxygen atoms in total. The molecule has 2 aromatic carbocycles. The molecule has 158 valence electrons. The number of nitrogens with zero attached hydrogens (tertiary/aromatic N) is 1. The van der Waals surface area contributed by atoms with E-state index in [0.29, 0.717) is 27.9 Å². The van der Waals surface area contributed by atoms with Crippen LogP contribution in [-0.4, -0.2) is 31.9 Å². The van der Waals surface area contributed by atoms with Gasteiger partial charge < -0.3 is 19.5 Å². The lowest BCUT2D eigenvalue weighted by Crippen LogP contribution is -2.48. The molecule has 0 fully saturated rings. The highest BCUT2D eigenvalue weighted by Crippen LogP contribution is 2.41. The second-order valence-electron chi connectivity index (χ2n) is 6.50. The Morgan fingerprint density at radius 2 is 1.93 bits per heavy atom. The van der Waals surface area contributed by atoms with Gasteiger partial charge in [0.15, 0.2) is 16.6 Å². The zero-order valence-electron chi connectivity index (χ0n) is 17.2. The number of esters is 1. The minimum Gasteiger partial charge on any atom is -0.493 e. The molecule has 1 unspecified atom stereocenters. The summed E-state index contributed by atoms with van der Waals surface area (Å²) in [6.45, 7) is 3.90. The smallest absolute Gasteiger partial charge is 0.338 e. The lowest BCUT2D eigenvalue weighted by Gasteiger charge is -2.38. The normalized spacial score (nSPS) is 16.2. The number of thiocarbonyl (C=S) groups is 1. The number of carbonyl (C=O) groups is 1. The third kappa shape index (κ3) is 4.15. The maximum Gasteiger partial charge on any atom is 0.338 e. The summed E-state index contributed by atoms with van der Waals surface area (Å²) >= 11 is 9.19. The summed E-state index contributed by atoms with van der Waals surface area (Å²) in [5.74, 6) is 0.684. The van der Waals surface area contributed by atoms with Crippen molar-refractivity contribution in [2.45, 2.75) is 19.9 Å². The molecule has 0 radical (unpaired) electrons. The van der Waals surface area contributed by atoms with E-state index in [2.05, 4.69) is 21.2 Å². The first-order valence-electron chi connectivity index (χ1n) is 9.37. The van der Waals surface area contributed by atoms with E-state index in [9.17, 15) is 4.79 Å². The van der Waals surface area contributed by atoms with E-state index in [1.54, 1.807) is 27.2 Å². The summed E-state index contributed by atoms with van der Waals surface area (Å²) in [6.07, 6.45) is 0. The second kappa shape index (κ2) is 9.49. The number of ether oxygens (including phenoxy) is 3. The number of hydrogen-bond acceptors (Lipinski definition) is 5. The maximum absolute atomic E-state index is 13.0. The number of methoxy groups -OCH3 is 2. The molecule has 1 heterocycles. The van der Waals surface area contributed by atoms with E-state index in [1.165, 1.54) is 0 Å².